The lowest BCUT2D eigenvalue weighted by Crippen LogP contribution is -2.26. The number of aliphatic hydroxyl groups is 1. The SMILES string of the molecule is CCOc1ccc(-c2ccc(C3CCC(OCC4CCC(c5ccc(C(C)O)c(F)c5F)CC4)CC3)c(F)c2F)c(F)c1F. The van der Waals surface area contributed by atoms with Gasteiger partial charge in [0.15, 0.2) is 34.8 Å². The Balaban J connectivity index is 1.13. The van der Waals surface area contributed by atoms with E-state index < -0.39 is 41.0 Å². The number of halogens is 6. The molecule has 2 saturated carbocycles. The highest BCUT2D eigenvalue weighted by Crippen LogP contribution is 2.41. The first-order valence-electron chi connectivity index (χ1n) is 15.5. The molecule has 0 heterocycles. The lowest BCUT2D eigenvalue weighted by atomic mass is 9.78. The minimum Gasteiger partial charge on any atom is -0.491 e. The molecule has 44 heavy (non-hydrogen) atoms. The molecule has 0 spiro atoms. The van der Waals surface area contributed by atoms with E-state index in [1.807, 2.05) is 0 Å². The monoisotopic (exact) mass is 620 g/mol. The van der Waals surface area contributed by atoms with Crippen molar-refractivity contribution in [2.45, 2.75) is 89.3 Å². The van der Waals surface area contributed by atoms with Gasteiger partial charge in [0, 0.05) is 23.3 Å². The zero-order valence-corrected chi connectivity index (χ0v) is 25.0. The zero-order valence-electron chi connectivity index (χ0n) is 25.0. The van der Waals surface area contributed by atoms with E-state index in [4.69, 9.17) is 9.47 Å². The van der Waals surface area contributed by atoms with Crippen LogP contribution < -0.4 is 4.74 Å². The molecule has 1 N–H and O–H groups in total. The van der Waals surface area contributed by atoms with E-state index in [-0.39, 0.29) is 52.5 Å². The van der Waals surface area contributed by atoms with E-state index in [9.17, 15) is 22.7 Å². The summed E-state index contributed by atoms with van der Waals surface area (Å²) < 4.78 is 99.6. The van der Waals surface area contributed by atoms with Gasteiger partial charge in [0.1, 0.15) is 0 Å². The summed E-state index contributed by atoms with van der Waals surface area (Å²) >= 11 is 0. The number of hydrogen-bond acceptors (Lipinski definition) is 3. The molecular formula is C35H38F6O3. The molecule has 0 saturated heterocycles. The highest BCUT2D eigenvalue weighted by Gasteiger charge is 2.30. The standard InChI is InChI=1S/C35H38F6O3/c1-3-43-29-17-16-28(34(40)35(29)41)27-15-14-26(32(38)33(27)39)22-8-10-23(11-9-22)44-18-20-4-6-21(7-5-20)25-13-12-24(19(2)42)30(36)31(25)37/h12-17,19-23,42H,3-11,18H2,1-2H3. The first kappa shape index (κ1) is 32.4. The maximum absolute atomic E-state index is 15.2. The summed E-state index contributed by atoms with van der Waals surface area (Å²) in [6.07, 6.45) is 4.59. The summed E-state index contributed by atoms with van der Waals surface area (Å²) in [5.74, 6) is -6.91. The molecule has 1 atom stereocenters. The summed E-state index contributed by atoms with van der Waals surface area (Å²) in [4.78, 5) is 0. The van der Waals surface area contributed by atoms with Crippen LogP contribution in [-0.4, -0.2) is 24.4 Å². The quantitative estimate of drug-likeness (QED) is 0.242. The highest BCUT2D eigenvalue weighted by atomic mass is 19.2. The Bertz CT molecular complexity index is 1460. The molecule has 238 valence electrons. The molecular weight excluding hydrogens is 582 g/mol. The van der Waals surface area contributed by atoms with Crippen molar-refractivity contribution in [3.05, 3.63) is 88.0 Å². The second kappa shape index (κ2) is 13.9. The molecule has 0 amide bonds. The lowest BCUT2D eigenvalue weighted by Gasteiger charge is -2.33. The van der Waals surface area contributed by atoms with E-state index in [1.165, 1.54) is 37.3 Å². The van der Waals surface area contributed by atoms with Crippen LogP contribution in [0.25, 0.3) is 11.1 Å². The van der Waals surface area contributed by atoms with E-state index >= 15 is 8.78 Å². The van der Waals surface area contributed by atoms with Gasteiger partial charge in [-0.15, -0.1) is 0 Å². The fraction of sp³-hybridized carbons (Fsp3) is 0.486. The van der Waals surface area contributed by atoms with Crippen LogP contribution in [-0.2, 0) is 4.74 Å². The van der Waals surface area contributed by atoms with Crippen molar-refractivity contribution >= 4 is 0 Å². The molecule has 3 aromatic rings. The number of hydrogen-bond donors (Lipinski definition) is 1. The third-order valence-electron chi connectivity index (χ3n) is 9.31. The summed E-state index contributed by atoms with van der Waals surface area (Å²) in [7, 11) is 0. The maximum atomic E-state index is 15.2. The minimum atomic E-state index is -1.29. The molecule has 0 radical (unpaired) electrons. The maximum Gasteiger partial charge on any atom is 0.201 e. The van der Waals surface area contributed by atoms with Gasteiger partial charge in [0.05, 0.1) is 18.8 Å². The van der Waals surface area contributed by atoms with Gasteiger partial charge in [-0.2, -0.15) is 4.39 Å². The van der Waals surface area contributed by atoms with Crippen LogP contribution in [0.1, 0.15) is 99.8 Å². The van der Waals surface area contributed by atoms with E-state index in [0.717, 1.165) is 25.7 Å². The third kappa shape index (κ3) is 6.64. The molecule has 5 rings (SSSR count). The molecule has 2 aliphatic carbocycles. The normalized spacial score (nSPS) is 23.0. The molecule has 0 bridgehead atoms. The highest BCUT2D eigenvalue weighted by molar-refractivity contribution is 5.66. The second-order valence-electron chi connectivity index (χ2n) is 12.1. The predicted octanol–water partition coefficient (Wildman–Crippen LogP) is 9.66. The predicted molar refractivity (Wildman–Crippen MR) is 156 cm³/mol. The van der Waals surface area contributed by atoms with E-state index in [1.54, 1.807) is 13.0 Å². The number of ether oxygens (including phenoxy) is 2. The van der Waals surface area contributed by atoms with Crippen molar-refractivity contribution < 1.29 is 40.9 Å². The third-order valence-corrected chi connectivity index (χ3v) is 9.31. The van der Waals surface area contributed by atoms with Crippen LogP contribution in [0.3, 0.4) is 0 Å². The first-order valence-corrected chi connectivity index (χ1v) is 15.5. The Labute approximate surface area is 254 Å². The van der Waals surface area contributed by atoms with E-state index in [2.05, 4.69) is 0 Å². The van der Waals surface area contributed by atoms with Gasteiger partial charge in [0.25, 0.3) is 0 Å². The fourth-order valence-electron chi connectivity index (χ4n) is 6.76. The van der Waals surface area contributed by atoms with Gasteiger partial charge in [-0.1, -0.05) is 24.3 Å². The van der Waals surface area contributed by atoms with Crippen molar-refractivity contribution in [2.24, 2.45) is 5.92 Å². The average molecular weight is 621 g/mol. The average Bonchev–Trinajstić information content (AvgIpc) is 3.02. The Morgan fingerprint density at radius 1 is 0.659 bits per heavy atom. The molecule has 1 unspecified atom stereocenters. The van der Waals surface area contributed by atoms with Crippen LogP contribution in [0.5, 0.6) is 5.75 Å². The summed E-state index contributed by atoms with van der Waals surface area (Å²) in [5, 5.41) is 9.63. The molecule has 3 aromatic carbocycles. The smallest absolute Gasteiger partial charge is 0.201 e. The molecule has 3 nitrogen and oxygen atoms in total. The van der Waals surface area contributed by atoms with Crippen molar-refractivity contribution in [2.75, 3.05) is 13.2 Å². The van der Waals surface area contributed by atoms with Gasteiger partial charge in [-0.05, 0) is 106 Å². The number of rotatable bonds is 9. The molecule has 2 fully saturated rings. The lowest BCUT2D eigenvalue weighted by molar-refractivity contribution is -0.00294. The second-order valence-corrected chi connectivity index (χ2v) is 12.1. The minimum absolute atomic E-state index is 0.00311. The first-order chi connectivity index (χ1) is 21.1. The molecule has 0 aliphatic heterocycles. The Morgan fingerprint density at radius 2 is 1.18 bits per heavy atom. The Kier molecular flexibility index (Phi) is 10.3. The van der Waals surface area contributed by atoms with E-state index in [0.29, 0.717) is 43.8 Å². The van der Waals surface area contributed by atoms with Gasteiger partial charge in [0.2, 0.25) is 5.82 Å². The zero-order chi connectivity index (χ0) is 31.5. The largest absolute Gasteiger partial charge is 0.491 e. The van der Waals surface area contributed by atoms with Crippen molar-refractivity contribution in [1.29, 1.82) is 0 Å². The Morgan fingerprint density at radius 3 is 1.77 bits per heavy atom. The van der Waals surface area contributed by atoms with Crippen molar-refractivity contribution in [3.8, 4) is 16.9 Å². The van der Waals surface area contributed by atoms with Crippen LogP contribution >= 0.6 is 0 Å². The number of aliphatic hydroxyl groups excluding tert-OH is 1. The Hall–Kier alpha value is -3.04. The van der Waals surface area contributed by atoms with Crippen LogP contribution in [0.2, 0.25) is 0 Å². The van der Waals surface area contributed by atoms with Crippen LogP contribution in [0, 0.1) is 40.8 Å². The summed E-state index contributed by atoms with van der Waals surface area (Å²) in [6, 6.07) is 8.19. The van der Waals surface area contributed by atoms with Crippen LogP contribution in [0.4, 0.5) is 26.3 Å². The summed E-state index contributed by atoms with van der Waals surface area (Å²) in [5.41, 5.74) is -0.171. The molecule has 2 aliphatic rings. The fourth-order valence-corrected chi connectivity index (χ4v) is 6.76. The topological polar surface area (TPSA) is 38.7 Å². The van der Waals surface area contributed by atoms with Crippen LogP contribution in [0.15, 0.2) is 36.4 Å². The molecule has 9 heteroatoms. The van der Waals surface area contributed by atoms with Gasteiger partial charge in [-0.3, -0.25) is 0 Å². The molecule has 0 aromatic heterocycles. The van der Waals surface area contributed by atoms with Gasteiger partial charge in [-0.25, -0.2) is 22.0 Å². The van der Waals surface area contributed by atoms with Gasteiger partial charge >= 0.3 is 0 Å². The van der Waals surface area contributed by atoms with Crippen molar-refractivity contribution in [1.82, 2.24) is 0 Å². The number of benzene rings is 3. The van der Waals surface area contributed by atoms with Crippen molar-refractivity contribution in [3.63, 3.8) is 0 Å². The van der Waals surface area contributed by atoms with Gasteiger partial charge < -0.3 is 14.6 Å². The summed E-state index contributed by atoms with van der Waals surface area (Å²) in [6.45, 7) is 3.72.